The molecule has 1 aliphatic rings. The fourth-order valence-electron chi connectivity index (χ4n) is 2.10. The minimum Gasteiger partial charge on any atom is -0.372 e. The molecule has 0 heterocycles. The maximum atomic E-state index is 6.16. The molecule has 0 aromatic heterocycles. The molecule has 0 spiro atoms. The summed E-state index contributed by atoms with van der Waals surface area (Å²) in [4.78, 5) is 0. The molecule has 1 saturated carbocycles. The molecule has 0 amide bonds. The Labute approximate surface area is 114 Å². The van der Waals surface area contributed by atoms with Gasteiger partial charge >= 0.3 is 0 Å². The molecular formula is C15H22ClNO. The van der Waals surface area contributed by atoms with Crippen molar-refractivity contribution in [2.75, 3.05) is 6.61 Å². The van der Waals surface area contributed by atoms with Gasteiger partial charge in [-0.2, -0.15) is 0 Å². The molecule has 2 atom stereocenters. The van der Waals surface area contributed by atoms with E-state index in [-0.39, 0.29) is 12.1 Å². The Morgan fingerprint density at radius 2 is 2.00 bits per heavy atom. The molecule has 0 aliphatic heterocycles. The zero-order chi connectivity index (χ0) is 13.0. The van der Waals surface area contributed by atoms with Crippen molar-refractivity contribution < 1.29 is 4.74 Å². The molecule has 3 heteroatoms. The molecule has 100 valence electrons. The van der Waals surface area contributed by atoms with Crippen LogP contribution in [0.25, 0.3) is 0 Å². The van der Waals surface area contributed by atoms with E-state index in [0.29, 0.717) is 0 Å². The van der Waals surface area contributed by atoms with E-state index in [2.05, 4.69) is 6.92 Å². The zero-order valence-electron chi connectivity index (χ0n) is 10.9. The molecule has 1 aliphatic carbocycles. The number of rotatable bonds is 7. The molecule has 0 bridgehead atoms. The van der Waals surface area contributed by atoms with Gasteiger partial charge in [0.1, 0.15) is 0 Å². The second-order valence-electron chi connectivity index (χ2n) is 5.15. The number of halogens is 1. The topological polar surface area (TPSA) is 35.2 Å². The summed E-state index contributed by atoms with van der Waals surface area (Å²) in [5.41, 5.74) is 7.29. The van der Waals surface area contributed by atoms with E-state index in [1.165, 1.54) is 19.3 Å². The molecule has 0 saturated heterocycles. The first-order valence-corrected chi connectivity index (χ1v) is 7.21. The normalized spacial score (nSPS) is 18.6. The number of hydrogen-bond donors (Lipinski definition) is 1. The number of nitrogens with two attached hydrogens (primary N) is 1. The van der Waals surface area contributed by atoms with Crippen LogP contribution in [0, 0.1) is 5.92 Å². The molecule has 0 radical (unpaired) electrons. The average molecular weight is 268 g/mol. The highest BCUT2D eigenvalue weighted by Gasteiger charge is 2.23. The number of ether oxygens (including phenoxy) is 1. The predicted octanol–water partition coefficient (Wildman–Crippen LogP) is 3.94. The maximum Gasteiger partial charge on any atom is 0.0975 e. The summed E-state index contributed by atoms with van der Waals surface area (Å²) < 4.78 is 6.00. The Balaban J connectivity index is 1.96. The molecular weight excluding hydrogens is 246 g/mol. The summed E-state index contributed by atoms with van der Waals surface area (Å²) >= 11 is 5.91. The summed E-state index contributed by atoms with van der Waals surface area (Å²) in [6.45, 7) is 2.91. The van der Waals surface area contributed by atoms with E-state index >= 15 is 0 Å². The van der Waals surface area contributed by atoms with Gasteiger partial charge in [0.15, 0.2) is 0 Å². The van der Waals surface area contributed by atoms with Gasteiger partial charge in [0.25, 0.3) is 0 Å². The van der Waals surface area contributed by atoms with Gasteiger partial charge < -0.3 is 10.5 Å². The fraction of sp³-hybridized carbons (Fsp3) is 0.600. The van der Waals surface area contributed by atoms with Crippen LogP contribution in [0.15, 0.2) is 24.3 Å². The smallest absolute Gasteiger partial charge is 0.0975 e. The molecule has 2 unspecified atom stereocenters. The highest BCUT2D eigenvalue weighted by Crippen LogP contribution is 2.33. The first-order valence-electron chi connectivity index (χ1n) is 6.83. The lowest BCUT2D eigenvalue weighted by Crippen LogP contribution is -2.29. The lowest BCUT2D eigenvalue weighted by atomic mass is 10.0. The predicted molar refractivity (Wildman–Crippen MR) is 75.8 cm³/mol. The van der Waals surface area contributed by atoms with Crippen molar-refractivity contribution in [2.24, 2.45) is 11.7 Å². The fourth-order valence-corrected chi connectivity index (χ4v) is 2.23. The number of hydrogen-bond acceptors (Lipinski definition) is 2. The van der Waals surface area contributed by atoms with Crippen molar-refractivity contribution in [1.82, 2.24) is 0 Å². The Morgan fingerprint density at radius 1 is 1.33 bits per heavy atom. The van der Waals surface area contributed by atoms with Crippen LogP contribution >= 0.6 is 11.6 Å². The quantitative estimate of drug-likeness (QED) is 0.812. The average Bonchev–Trinajstić information content (AvgIpc) is 3.19. The van der Waals surface area contributed by atoms with Crippen LogP contribution in [-0.4, -0.2) is 12.6 Å². The van der Waals surface area contributed by atoms with Gasteiger partial charge in [0.05, 0.1) is 6.10 Å². The van der Waals surface area contributed by atoms with Crippen molar-refractivity contribution in [3.05, 3.63) is 34.9 Å². The third-order valence-corrected chi connectivity index (χ3v) is 3.83. The molecule has 1 aromatic carbocycles. The molecule has 2 nitrogen and oxygen atoms in total. The summed E-state index contributed by atoms with van der Waals surface area (Å²) in [5, 5.41) is 0.751. The summed E-state index contributed by atoms with van der Waals surface area (Å²) in [5.74, 6) is 0.897. The first kappa shape index (κ1) is 13.9. The van der Waals surface area contributed by atoms with Crippen LogP contribution in [0.3, 0.4) is 0 Å². The third-order valence-electron chi connectivity index (χ3n) is 3.58. The monoisotopic (exact) mass is 267 g/mol. The van der Waals surface area contributed by atoms with Crippen LogP contribution in [0.4, 0.5) is 0 Å². The first-order chi connectivity index (χ1) is 8.70. The van der Waals surface area contributed by atoms with Gasteiger partial charge in [-0.1, -0.05) is 43.5 Å². The highest BCUT2D eigenvalue weighted by molar-refractivity contribution is 6.30. The summed E-state index contributed by atoms with van der Waals surface area (Å²) in [6, 6.07) is 7.87. The third kappa shape index (κ3) is 3.98. The van der Waals surface area contributed by atoms with Gasteiger partial charge in [-0.05, 0) is 36.5 Å². The van der Waals surface area contributed by atoms with E-state index in [1.54, 1.807) is 0 Å². The SMILES string of the molecule is CCC(N)C(OCCC1CC1)c1ccc(Cl)cc1. The Morgan fingerprint density at radius 3 is 2.56 bits per heavy atom. The van der Waals surface area contributed by atoms with Crippen LogP contribution in [0.5, 0.6) is 0 Å². The molecule has 1 aromatic rings. The second-order valence-corrected chi connectivity index (χ2v) is 5.58. The van der Waals surface area contributed by atoms with Crippen LogP contribution in [0.1, 0.15) is 44.3 Å². The van der Waals surface area contributed by atoms with Gasteiger partial charge in [0.2, 0.25) is 0 Å². The maximum absolute atomic E-state index is 6.16. The van der Waals surface area contributed by atoms with Gasteiger partial charge in [-0.15, -0.1) is 0 Å². The lowest BCUT2D eigenvalue weighted by Gasteiger charge is -2.24. The molecule has 18 heavy (non-hydrogen) atoms. The molecule has 2 rings (SSSR count). The zero-order valence-corrected chi connectivity index (χ0v) is 11.7. The van der Waals surface area contributed by atoms with Gasteiger partial charge in [0, 0.05) is 17.7 Å². The van der Waals surface area contributed by atoms with Gasteiger partial charge in [-0.25, -0.2) is 0 Å². The minimum atomic E-state index is -0.00832. The van der Waals surface area contributed by atoms with E-state index in [9.17, 15) is 0 Å². The van der Waals surface area contributed by atoms with E-state index in [0.717, 1.165) is 29.5 Å². The highest BCUT2D eigenvalue weighted by atomic mass is 35.5. The summed E-state index contributed by atoms with van der Waals surface area (Å²) in [7, 11) is 0. The van der Waals surface area contributed by atoms with E-state index < -0.39 is 0 Å². The summed E-state index contributed by atoms with van der Waals surface area (Å²) in [6.07, 6.45) is 4.81. The van der Waals surface area contributed by atoms with Crippen molar-refractivity contribution in [3.8, 4) is 0 Å². The van der Waals surface area contributed by atoms with Crippen molar-refractivity contribution >= 4 is 11.6 Å². The van der Waals surface area contributed by atoms with Crippen molar-refractivity contribution in [1.29, 1.82) is 0 Å². The molecule has 1 fully saturated rings. The van der Waals surface area contributed by atoms with Crippen molar-refractivity contribution in [3.63, 3.8) is 0 Å². The lowest BCUT2D eigenvalue weighted by molar-refractivity contribution is 0.0300. The van der Waals surface area contributed by atoms with Crippen LogP contribution < -0.4 is 5.73 Å². The Hall–Kier alpha value is -0.570. The number of benzene rings is 1. The largest absolute Gasteiger partial charge is 0.372 e. The van der Waals surface area contributed by atoms with E-state index in [1.807, 2.05) is 24.3 Å². The standard InChI is InChI=1S/C15H22ClNO/c1-2-14(17)15(18-10-9-11-3-4-11)12-5-7-13(16)8-6-12/h5-8,11,14-15H,2-4,9-10,17H2,1H3. The van der Waals surface area contributed by atoms with E-state index in [4.69, 9.17) is 22.1 Å². The van der Waals surface area contributed by atoms with Gasteiger partial charge in [-0.3, -0.25) is 0 Å². The minimum absolute atomic E-state index is 0.00832. The second kappa shape index (κ2) is 6.55. The Bertz CT molecular complexity index is 361. The van der Waals surface area contributed by atoms with Crippen LogP contribution in [-0.2, 0) is 4.74 Å². The van der Waals surface area contributed by atoms with Crippen LogP contribution in [0.2, 0.25) is 5.02 Å². The molecule has 2 N–H and O–H groups in total. The Kier molecular flexibility index (Phi) is 5.04. The van der Waals surface area contributed by atoms with Crippen molar-refractivity contribution in [2.45, 2.75) is 44.8 Å².